The van der Waals surface area contributed by atoms with E-state index >= 15 is 0 Å². The Labute approximate surface area is 73.8 Å². The van der Waals surface area contributed by atoms with Gasteiger partial charge in [-0.25, -0.2) is 0 Å². The Balaban J connectivity index is 0. The molecule has 0 fully saturated rings. The van der Waals surface area contributed by atoms with E-state index in [4.69, 9.17) is 0 Å². The third-order valence-electron chi connectivity index (χ3n) is 0.852. The zero-order valence-electron chi connectivity index (χ0n) is 6.32. The summed E-state index contributed by atoms with van der Waals surface area (Å²) in [6.45, 7) is 5.46. The minimum atomic E-state index is -0.700. The van der Waals surface area contributed by atoms with Crippen molar-refractivity contribution in [3.8, 4) is 0 Å². The zero-order valence-corrected chi connectivity index (χ0v) is 8.32. The molecule has 0 aromatic rings. The standard InChI is InChI=1S/C6H13O.Na/c1-4-5-6(2,3)7;/h4-5H2,1-3H3;/q-1;+1. The van der Waals surface area contributed by atoms with Gasteiger partial charge in [0.05, 0.1) is 0 Å². The van der Waals surface area contributed by atoms with Crippen LogP contribution in [0, 0.1) is 0 Å². The van der Waals surface area contributed by atoms with E-state index in [1.54, 1.807) is 13.8 Å². The van der Waals surface area contributed by atoms with Gasteiger partial charge in [-0.05, 0) is 0 Å². The van der Waals surface area contributed by atoms with Gasteiger partial charge in [0, 0.05) is 0 Å². The molecular formula is C6H13NaO. The normalized spacial score (nSPS) is 10.5. The molecule has 2 heteroatoms. The molecule has 0 bridgehead atoms. The predicted molar refractivity (Wildman–Crippen MR) is 29.0 cm³/mol. The van der Waals surface area contributed by atoms with Gasteiger partial charge >= 0.3 is 29.6 Å². The molecule has 0 atom stereocenters. The SMILES string of the molecule is CCCC(C)(C)[O-].[Na+]. The first-order valence-electron chi connectivity index (χ1n) is 2.76. The molecule has 0 heterocycles. The van der Waals surface area contributed by atoms with Crippen LogP contribution in [0.15, 0.2) is 0 Å². The first kappa shape index (κ1) is 11.7. The molecule has 0 amide bonds. The Hall–Kier alpha value is 0.960. The van der Waals surface area contributed by atoms with E-state index in [-0.39, 0.29) is 29.6 Å². The smallest absolute Gasteiger partial charge is 0.850 e. The fourth-order valence-corrected chi connectivity index (χ4v) is 0.602. The summed E-state index contributed by atoms with van der Waals surface area (Å²) < 4.78 is 0. The van der Waals surface area contributed by atoms with E-state index in [9.17, 15) is 5.11 Å². The molecule has 0 aliphatic carbocycles. The Bertz CT molecular complexity index is 47.0. The van der Waals surface area contributed by atoms with E-state index in [0.717, 1.165) is 12.8 Å². The largest absolute Gasteiger partial charge is 1.00 e. The fourth-order valence-electron chi connectivity index (χ4n) is 0.602. The summed E-state index contributed by atoms with van der Waals surface area (Å²) in [4.78, 5) is 0. The maximum absolute atomic E-state index is 10.7. The van der Waals surface area contributed by atoms with E-state index in [1.165, 1.54) is 0 Å². The molecule has 0 aromatic carbocycles. The van der Waals surface area contributed by atoms with Crippen LogP contribution in [0.3, 0.4) is 0 Å². The first-order chi connectivity index (χ1) is 3.06. The van der Waals surface area contributed by atoms with Crippen molar-refractivity contribution in [2.75, 3.05) is 0 Å². The summed E-state index contributed by atoms with van der Waals surface area (Å²) >= 11 is 0. The number of rotatable bonds is 2. The van der Waals surface area contributed by atoms with Gasteiger partial charge < -0.3 is 5.11 Å². The minimum Gasteiger partial charge on any atom is -0.850 e. The molecular weight excluding hydrogens is 111 g/mol. The van der Waals surface area contributed by atoms with Crippen molar-refractivity contribution in [2.24, 2.45) is 0 Å². The van der Waals surface area contributed by atoms with Crippen molar-refractivity contribution in [1.29, 1.82) is 0 Å². The molecule has 0 spiro atoms. The van der Waals surface area contributed by atoms with Crippen molar-refractivity contribution in [3.05, 3.63) is 0 Å². The average molecular weight is 124 g/mol. The maximum Gasteiger partial charge on any atom is 1.00 e. The van der Waals surface area contributed by atoms with Gasteiger partial charge in [-0.2, -0.15) is 0 Å². The van der Waals surface area contributed by atoms with E-state index in [2.05, 4.69) is 0 Å². The summed E-state index contributed by atoms with van der Waals surface area (Å²) in [5, 5.41) is 10.7. The molecule has 44 valence electrons. The zero-order chi connectivity index (χ0) is 5.91. The molecule has 1 nitrogen and oxygen atoms in total. The van der Waals surface area contributed by atoms with Crippen molar-refractivity contribution in [2.45, 2.75) is 39.2 Å². The average Bonchev–Trinajstić information content (AvgIpc) is 1.30. The van der Waals surface area contributed by atoms with Crippen LogP contribution in [-0.2, 0) is 0 Å². The molecule has 0 saturated heterocycles. The Morgan fingerprint density at radius 2 is 1.75 bits per heavy atom. The van der Waals surface area contributed by atoms with E-state index < -0.39 is 5.60 Å². The third-order valence-corrected chi connectivity index (χ3v) is 0.852. The maximum atomic E-state index is 10.7. The van der Waals surface area contributed by atoms with Gasteiger partial charge in [-0.15, -0.1) is 5.60 Å². The van der Waals surface area contributed by atoms with Gasteiger partial charge in [0.25, 0.3) is 0 Å². The van der Waals surface area contributed by atoms with Gasteiger partial charge in [-0.1, -0.05) is 33.6 Å². The molecule has 0 N–H and O–H groups in total. The van der Waals surface area contributed by atoms with Crippen LogP contribution in [0.2, 0.25) is 0 Å². The van der Waals surface area contributed by atoms with Gasteiger partial charge in [0.15, 0.2) is 0 Å². The van der Waals surface area contributed by atoms with Crippen molar-refractivity contribution in [1.82, 2.24) is 0 Å². The summed E-state index contributed by atoms with van der Waals surface area (Å²) in [7, 11) is 0. The van der Waals surface area contributed by atoms with Crippen LogP contribution >= 0.6 is 0 Å². The van der Waals surface area contributed by atoms with Gasteiger partial charge in [0.2, 0.25) is 0 Å². The number of hydrogen-bond acceptors (Lipinski definition) is 1. The predicted octanol–water partition coefficient (Wildman–Crippen LogP) is -2.07. The van der Waals surface area contributed by atoms with Crippen LogP contribution < -0.4 is 34.7 Å². The Morgan fingerprint density at radius 3 is 1.75 bits per heavy atom. The Kier molecular flexibility index (Phi) is 7.04. The summed E-state index contributed by atoms with van der Waals surface area (Å²) in [6, 6.07) is 0. The van der Waals surface area contributed by atoms with Crippen LogP contribution in [0.4, 0.5) is 0 Å². The molecule has 0 unspecified atom stereocenters. The molecule has 0 aromatic heterocycles. The molecule has 0 aliphatic rings. The first-order valence-corrected chi connectivity index (χ1v) is 2.76. The quantitative estimate of drug-likeness (QED) is 0.388. The summed E-state index contributed by atoms with van der Waals surface area (Å²) in [5.74, 6) is 0. The van der Waals surface area contributed by atoms with E-state index in [1.807, 2.05) is 6.92 Å². The second-order valence-corrected chi connectivity index (χ2v) is 2.51. The second-order valence-electron chi connectivity index (χ2n) is 2.51. The topological polar surface area (TPSA) is 23.1 Å². The minimum absolute atomic E-state index is 0. The number of hydrogen-bond donors (Lipinski definition) is 0. The monoisotopic (exact) mass is 124 g/mol. The second kappa shape index (κ2) is 4.80. The van der Waals surface area contributed by atoms with Crippen molar-refractivity contribution in [3.63, 3.8) is 0 Å². The summed E-state index contributed by atoms with van der Waals surface area (Å²) in [6.07, 6.45) is 1.78. The van der Waals surface area contributed by atoms with Crippen molar-refractivity contribution >= 4 is 0 Å². The van der Waals surface area contributed by atoms with Gasteiger partial charge in [-0.3, -0.25) is 0 Å². The molecule has 0 rings (SSSR count). The van der Waals surface area contributed by atoms with Crippen LogP contribution in [0.1, 0.15) is 33.6 Å². The van der Waals surface area contributed by atoms with E-state index in [0.29, 0.717) is 0 Å². The Morgan fingerprint density at radius 1 is 1.38 bits per heavy atom. The molecule has 0 aliphatic heterocycles. The fraction of sp³-hybridized carbons (Fsp3) is 1.00. The summed E-state index contributed by atoms with van der Waals surface area (Å²) in [5.41, 5.74) is -0.700. The van der Waals surface area contributed by atoms with Crippen LogP contribution in [0.25, 0.3) is 0 Å². The van der Waals surface area contributed by atoms with Gasteiger partial charge in [0.1, 0.15) is 0 Å². The molecule has 0 radical (unpaired) electrons. The van der Waals surface area contributed by atoms with Crippen molar-refractivity contribution < 1.29 is 34.7 Å². The van der Waals surface area contributed by atoms with Crippen LogP contribution in [-0.4, -0.2) is 5.60 Å². The molecule has 8 heavy (non-hydrogen) atoms. The molecule has 0 saturated carbocycles. The third kappa shape index (κ3) is 10.0. The van der Waals surface area contributed by atoms with Crippen LogP contribution in [0.5, 0.6) is 0 Å².